The first-order chi connectivity index (χ1) is 16.8. The van der Waals surface area contributed by atoms with Gasteiger partial charge in [-0.15, -0.1) is 0 Å². The molecule has 0 aliphatic carbocycles. The molecule has 0 N–H and O–H groups in total. The van der Waals surface area contributed by atoms with Crippen LogP contribution in [0.25, 0.3) is 0 Å². The van der Waals surface area contributed by atoms with Gasteiger partial charge >= 0.3 is 17.6 Å². The number of aromatic nitrogens is 2. The number of halogens is 1. The highest BCUT2D eigenvalue weighted by molar-refractivity contribution is 5.95. The van der Waals surface area contributed by atoms with E-state index in [2.05, 4.69) is 0 Å². The van der Waals surface area contributed by atoms with Crippen LogP contribution in [-0.2, 0) is 23.8 Å². The second-order valence-electron chi connectivity index (χ2n) is 8.05. The molecule has 35 heavy (non-hydrogen) atoms. The van der Waals surface area contributed by atoms with Crippen molar-refractivity contribution in [2.24, 2.45) is 0 Å². The van der Waals surface area contributed by atoms with Crippen molar-refractivity contribution in [2.75, 3.05) is 6.61 Å². The minimum Gasteiger partial charge on any atom is -0.463 e. The Bertz CT molecular complexity index is 1190. The number of rotatable bonds is 9. The number of benzene rings is 1. The third kappa shape index (κ3) is 6.10. The number of carbonyl (C=O) groups is 3. The Hall–Kier alpha value is -3.60. The molecule has 0 radical (unpaired) electrons. The van der Waals surface area contributed by atoms with Crippen molar-refractivity contribution >= 4 is 17.8 Å². The first-order valence-electron chi connectivity index (χ1n) is 11.4. The Labute approximate surface area is 200 Å². The second-order valence-corrected chi connectivity index (χ2v) is 8.05. The summed E-state index contributed by atoms with van der Waals surface area (Å²) in [7, 11) is 0. The molecule has 3 atom stereocenters. The summed E-state index contributed by atoms with van der Waals surface area (Å²) < 4.78 is 31.9. The lowest BCUT2D eigenvalue weighted by atomic mass is 10.2. The molecule has 10 nitrogen and oxygen atoms in total. The number of esters is 2. The fraction of sp³-hybridized carbons (Fsp3) is 0.458. The first-order valence-corrected chi connectivity index (χ1v) is 11.4. The van der Waals surface area contributed by atoms with E-state index in [0.29, 0.717) is 19.0 Å². The lowest BCUT2D eigenvalue weighted by molar-refractivity contribution is -0.158. The molecule has 11 heteroatoms. The Morgan fingerprint density at radius 2 is 1.71 bits per heavy atom. The predicted octanol–water partition coefficient (Wildman–Crippen LogP) is 2.18. The molecule has 1 fully saturated rings. The van der Waals surface area contributed by atoms with Gasteiger partial charge in [-0.3, -0.25) is 23.7 Å². The summed E-state index contributed by atoms with van der Waals surface area (Å²) in [6.45, 7) is 3.36. The van der Waals surface area contributed by atoms with Crippen molar-refractivity contribution in [3.8, 4) is 0 Å². The number of carbonyl (C=O) groups excluding carboxylic acids is 3. The maximum absolute atomic E-state index is 14.5. The van der Waals surface area contributed by atoms with Gasteiger partial charge in [0.15, 0.2) is 0 Å². The lowest BCUT2D eigenvalue weighted by Gasteiger charge is -2.19. The van der Waals surface area contributed by atoms with Crippen LogP contribution in [0.2, 0.25) is 0 Å². The molecular weight excluding hydrogens is 463 g/mol. The fourth-order valence-corrected chi connectivity index (χ4v) is 3.67. The molecule has 1 saturated heterocycles. The zero-order valence-electron chi connectivity index (χ0n) is 19.5. The van der Waals surface area contributed by atoms with Crippen LogP contribution in [0.1, 0.15) is 62.5 Å². The molecule has 0 bridgehead atoms. The quantitative estimate of drug-likeness (QED) is 0.490. The predicted molar refractivity (Wildman–Crippen MR) is 120 cm³/mol. The summed E-state index contributed by atoms with van der Waals surface area (Å²) in [4.78, 5) is 62.1. The molecule has 1 aliphatic heterocycles. The first kappa shape index (κ1) is 26.0. The van der Waals surface area contributed by atoms with Crippen molar-refractivity contribution in [3.63, 3.8) is 0 Å². The van der Waals surface area contributed by atoms with E-state index in [1.165, 1.54) is 24.3 Å². The molecule has 0 spiro atoms. The summed E-state index contributed by atoms with van der Waals surface area (Å²) in [5.74, 6) is -3.31. The highest BCUT2D eigenvalue weighted by atomic mass is 19.1. The van der Waals surface area contributed by atoms with E-state index in [9.17, 15) is 28.4 Å². The minimum atomic E-state index is -1.39. The summed E-state index contributed by atoms with van der Waals surface area (Å²) in [6, 6.07) is 7.49. The maximum Gasteiger partial charge on any atom is 0.340 e. The highest BCUT2D eigenvalue weighted by Crippen LogP contribution is 2.30. The number of hydrogen-bond acceptors (Lipinski definition) is 8. The van der Waals surface area contributed by atoms with Crippen molar-refractivity contribution in [1.29, 1.82) is 0 Å². The molecule has 0 saturated carbocycles. The highest BCUT2D eigenvalue weighted by Gasteiger charge is 2.40. The van der Waals surface area contributed by atoms with Gasteiger partial charge in [-0.05, 0) is 25.0 Å². The van der Waals surface area contributed by atoms with Crippen LogP contribution in [0.3, 0.4) is 0 Å². The lowest BCUT2D eigenvalue weighted by Crippen LogP contribution is -2.46. The van der Waals surface area contributed by atoms with Crippen LogP contribution in [0.4, 0.5) is 4.39 Å². The van der Waals surface area contributed by atoms with Gasteiger partial charge in [-0.1, -0.05) is 32.0 Å². The fourth-order valence-electron chi connectivity index (χ4n) is 3.67. The molecule has 2 heterocycles. The SMILES string of the molecule is CCCC(=O)OC[C@H]1O[C@@H](n2cc(F)c(=O)n(C(=O)c3ccccc3)c2=O)C[C@@H]1OC(=O)CCC. The van der Waals surface area contributed by atoms with Gasteiger partial charge < -0.3 is 14.2 Å². The maximum atomic E-state index is 14.5. The van der Waals surface area contributed by atoms with Gasteiger partial charge in [-0.25, -0.2) is 4.79 Å². The molecule has 1 aliphatic rings. The molecule has 0 unspecified atom stereocenters. The van der Waals surface area contributed by atoms with Crippen LogP contribution in [0.15, 0.2) is 46.1 Å². The molecule has 3 rings (SSSR count). The number of hydrogen-bond donors (Lipinski definition) is 0. The van der Waals surface area contributed by atoms with Gasteiger partial charge in [0.25, 0.3) is 11.5 Å². The standard InChI is InChI=1S/C24H27FN2O8/c1-3-8-20(28)33-14-18-17(35-21(29)9-4-2)12-19(34-18)26-13-16(25)23(31)27(24(26)32)22(30)15-10-6-5-7-11-15/h5-7,10-11,13,17-19H,3-4,8-9,12,14H2,1-2H3/t17-,18+,19+/m0/s1. The van der Waals surface area contributed by atoms with Crippen molar-refractivity contribution < 1.29 is 33.0 Å². The number of nitrogens with zero attached hydrogens (tertiary/aromatic N) is 2. The van der Waals surface area contributed by atoms with Gasteiger partial charge in [0, 0.05) is 24.8 Å². The van der Waals surface area contributed by atoms with E-state index in [4.69, 9.17) is 14.2 Å². The Morgan fingerprint density at radius 3 is 2.37 bits per heavy atom. The monoisotopic (exact) mass is 490 g/mol. The van der Waals surface area contributed by atoms with E-state index in [0.717, 1.165) is 4.57 Å². The second kappa shape index (κ2) is 11.7. The van der Waals surface area contributed by atoms with Crippen LogP contribution in [-0.4, -0.2) is 45.8 Å². The summed E-state index contributed by atoms with van der Waals surface area (Å²) in [6.07, 6.45) is -0.973. The van der Waals surface area contributed by atoms with Crippen LogP contribution < -0.4 is 11.2 Å². The smallest absolute Gasteiger partial charge is 0.340 e. The molecule has 188 valence electrons. The number of ether oxygens (including phenoxy) is 3. The van der Waals surface area contributed by atoms with E-state index >= 15 is 0 Å². The Balaban J connectivity index is 1.92. The Morgan fingerprint density at radius 1 is 1.06 bits per heavy atom. The van der Waals surface area contributed by atoms with Crippen LogP contribution in [0.5, 0.6) is 0 Å². The van der Waals surface area contributed by atoms with Crippen molar-refractivity contribution in [1.82, 2.24) is 9.13 Å². The van der Waals surface area contributed by atoms with E-state index in [1.807, 2.05) is 6.92 Å². The van der Waals surface area contributed by atoms with Crippen molar-refractivity contribution in [3.05, 3.63) is 68.7 Å². The molecule has 1 aromatic heterocycles. The van der Waals surface area contributed by atoms with E-state index in [-0.39, 0.29) is 36.0 Å². The topological polar surface area (TPSA) is 123 Å². The third-order valence-corrected chi connectivity index (χ3v) is 5.39. The van der Waals surface area contributed by atoms with Gasteiger partial charge in [0.1, 0.15) is 25.0 Å². The Kier molecular flexibility index (Phi) is 8.69. The molecule has 1 aromatic carbocycles. The largest absolute Gasteiger partial charge is 0.463 e. The van der Waals surface area contributed by atoms with Crippen LogP contribution >= 0.6 is 0 Å². The summed E-state index contributed by atoms with van der Waals surface area (Å²) in [5, 5.41) is 0. The van der Waals surface area contributed by atoms with Crippen LogP contribution in [0, 0.1) is 5.82 Å². The minimum absolute atomic E-state index is 0.0169. The van der Waals surface area contributed by atoms with Gasteiger partial charge in [-0.2, -0.15) is 8.96 Å². The average molecular weight is 490 g/mol. The normalized spacial score (nSPS) is 19.3. The molecular formula is C24H27FN2O8. The van der Waals surface area contributed by atoms with Gasteiger partial charge in [0.05, 0.1) is 6.20 Å². The third-order valence-electron chi connectivity index (χ3n) is 5.39. The van der Waals surface area contributed by atoms with Crippen molar-refractivity contribution in [2.45, 2.75) is 64.4 Å². The van der Waals surface area contributed by atoms with E-state index in [1.54, 1.807) is 13.0 Å². The van der Waals surface area contributed by atoms with E-state index < -0.39 is 53.3 Å². The summed E-state index contributed by atoms with van der Waals surface area (Å²) >= 11 is 0. The average Bonchev–Trinajstić information content (AvgIpc) is 3.23. The zero-order valence-corrected chi connectivity index (χ0v) is 19.5. The van der Waals surface area contributed by atoms with Gasteiger partial charge in [0.2, 0.25) is 5.82 Å². The molecule has 2 aromatic rings. The summed E-state index contributed by atoms with van der Waals surface area (Å²) in [5.41, 5.74) is -2.49. The zero-order chi connectivity index (χ0) is 25.5. The molecule has 0 amide bonds.